The van der Waals surface area contributed by atoms with Crippen LogP contribution in [0.1, 0.15) is 18.9 Å². The zero-order valence-electron chi connectivity index (χ0n) is 13.8. The number of nitrogens with zero attached hydrogens (tertiary/aromatic N) is 1. The molecular formula is C16H20BrClN2O4S. The van der Waals surface area contributed by atoms with Crippen LogP contribution in [-0.2, 0) is 10.1 Å². The molecule has 1 aromatic heterocycles. The first-order chi connectivity index (χ1) is 11.6. The Kier molecular flexibility index (Phi) is 8.81. The molecule has 0 aliphatic rings. The predicted molar refractivity (Wildman–Crippen MR) is 102 cm³/mol. The lowest BCUT2D eigenvalue weighted by molar-refractivity contribution is 0.300. The minimum Gasteiger partial charge on any atom is -0.492 e. The van der Waals surface area contributed by atoms with Crippen molar-refractivity contribution in [1.82, 2.24) is 4.98 Å². The lowest BCUT2D eigenvalue weighted by Gasteiger charge is -2.08. The van der Waals surface area contributed by atoms with Gasteiger partial charge in [-0.15, -0.1) is 0 Å². The van der Waals surface area contributed by atoms with Crippen LogP contribution in [0.15, 0.2) is 45.9 Å². The quantitative estimate of drug-likeness (QED) is 0.528. The molecule has 2 rings (SSSR count). The number of aryl methyl sites for hydroxylation is 1. The van der Waals surface area contributed by atoms with Crippen molar-refractivity contribution in [3.05, 3.63) is 51.7 Å². The largest absolute Gasteiger partial charge is 0.492 e. The van der Waals surface area contributed by atoms with Gasteiger partial charge in [-0.05, 0) is 54.4 Å². The first-order valence-corrected chi connectivity index (χ1v) is 9.94. The van der Waals surface area contributed by atoms with Crippen LogP contribution in [0.25, 0.3) is 0 Å². The third kappa shape index (κ3) is 8.64. The lowest BCUT2D eigenvalue weighted by atomic mass is 10.2. The number of benzene rings is 1. The molecule has 3 N–H and O–H groups in total. The van der Waals surface area contributed by atoms with E-state index in [-0.39, 0.29) is 10.9 Å². The smallest absolute Gasteiger partial charge is 0.294 e. The third-order valence-electron chi connectivity index (χ3n) is 2.93. The van der Waals surface area contributed by atoms with Crippen molar-refractivity contribution in [2.75, 3.05) is 6.61 Å². The molecule has 0 bridgehead atoms. The number of ether oxygens (including phenoxy) is 1. The molecule has 0 aliphatic carbocycles. The normalized spacial score (nSPS) is 12.1. The molecule has 25 heavy (non-hydrogen) atoms. The Balaban J connectivity index is 0.000000257. The van der Waals surface area contributed by atoms with E-state index in [1.165, 1.54) is 12.1 Å². The molecule has 0 amide bonds. The fourth-order valence-electron chi connectivity index (χ4n) is 1.56. The van der Waals surface area contributed by atoms with E-state index in [0.29, 0.717) is 17.5 Å². The van der Waals surface area contributed by atoms with E-state index in [4.69, 9.17) is 26.6 Å². The molecule has 1 unspecified atom stereocenters. The van der Waals surface area contributed by atoms with Crippen molar-refractivity contribution in [1.29, 1.82) is 0 Å². The fraction of sp³-hybridized carbons (Fsp3) is 0.312. The highest BCUT2D eigenvalue weighted by molar-refractivity contribution is 9.10. The topological polar surface area (TPSA) is 103 Å². The van der Waals surface area contributed by atoms with Gasteiger partial charge in [0.25, 0.3) is 10.1 Å². The van der Waals surface area contributed by atoms with Crippen LogP contribution in [0.2, 0.25) is 5.15 Å². The number of halogens is 2. The average molecular weight is 452 g/mol. The van der Waals surface area contributed by atoms with Crippen molar-refractivity contribution in [2.45, 2.75) is 31.2 Å². The predicted octanol–water partition coefficient (Wildman–Crippen LogP) is 3.86. The van der Waals surface area contributed by atoms with Gasteiger partial charge in [0, 0.05) is 6.04 Å². The first kappa shape index (κ1) is 21.9. The van der Waals surface area contributed by atoms with Gasteiger partial charge >= 0.3 is 0 Å². The van der Waals surface area contributed by atoms with Crippen molar-refractivity contribution < 1.29 is 17.7 Å². The second-order valence-electron chi connectivity index (χ2n) is 5.35. The highest BCUT2D eigenvalue weighted by Gasteiger charge is 2.06. The highest BCUT2D eigenvalue weighted by atomic mass is 79.9. The maximum atomic E-state index is 10.5. The van der Waals surface area contributed by atoms with E-state index < -0.39 is 10.1 Å². The minimum absolute atomic E-state index is 0.0666. The zero-order valence-corrected chi connectivity index (χ0v) is 17.0. The monoisotopic (exact) mass is 450 g/mol. The summed E-state index contributed by atoms with van der Waals surface area (Å²) in [4.78, 5) is 3.87. The van der Waals surface area contributed by atoms with Crippen molar-refractivity contribution in [3.8, 4) is 5.75 Å². The SMILES string of the molecule is CC(N)CCOc1cnc(Cl)c(Br)c1.Cc1ccc(S(=O)(=O)O)cc1. The van der Waals surface area contributed by atoms with Gasteiger partial charge in [0.05, 0.1) is 22.2 Å². The lowest BCUT2D eigenvalue weighted by Crippen LogP contribution is -2.18. The van der Waals surface area contributed by atoms with Crippen LogP contribution in [0.4, 0.5) is 0 Å². The molecule has 0 spiro atoms. The average Bonchev–Trinajstić information content (AvgIpc) is 2.51. The number of aromatic nitrogens is 1. The Bertz CT molecular complexity index is 783. The van der Waals surface area contributed by atoms with Gasteiger partial charge in [-0.1, -0.05) is 29.3 Å². The number of rotatable bonds is 5. The van der Waals surface area contributed by atoms with Gasteiger partial charge in [0.2, 0.25) is 0 Å². The van der Waals surface area contributed by atoms with Crippen molar-refractivity contribution >= 4 is 37.6 Å². The van der Waals surface area contributed by atoms with Crippen LogP contribution in [0, 0.1) is 6.92 Å². The zero-order chi connectivity index (χ0) is 19.0. The molecule has 1 heterocycles. The molecule has 0 saturated heterocycles. The summed E-state index contributed by atoms with van der Waals surface area (Å²) < 4.78 is 35.7. The van der Waals surface area contributed by atoms with Gasteiger partial charge in [-0.2, -0.15) is 8.42 Å². The van der Waals surface area contributed by atoms with Gasteiger partial charge < -0.3 is 10.5 Å². The third-order valence-corrected chi connectivity index (χ3v) is 4.93. The summed E-state index contributed by atoms with van der Waals surface area (Å²) in [7, 11) is -4.02. The Morgan fingerprint density at radius 1 is 1.36 bits per heavy atom. The first-order valence-electron chi connectivity index (χ1n) is 7.33. The van der Waals surface area contributed by atoms with E-state index in [1.54, 1.807) is 24.4 Å². The molecular weight excluding hydrogens is 432 g/mol. The van der Waals surface area contributed by atoms with E-state index in [1.807, 2.05) is 13.8 Å². The van der Waals surface area contributed by atoms with Gasteiger partial charge in [-0.3, -0.25) is 4.55 Å². The van der Waals surface area contributed by atoms with Crippen molar-refractivity contribution in [3.63, 3.8) is 0 Å². The molecule has 0 aliphatic heterocycles. The van der Waals surface area contributed by atoms with Crippen LogP contribution < -0.4 is 10.5 Å². The molecule has 0 fully saturated rings. The van der Waals surface area contributed by atoms with E-state index in [0.717, 1.165) is 16.5 Å². The van der Waals surface area contributed by atoms with Crippen molar-refractivity contribution in [2.24, 2.45) is 5.73 Å². The van der Waals surface area contributed by atoms with E-state index in [2.05, 4.69) is 20.9 Å². The van der Waals surface area contributed by atoms with E-state index in [9.17, 15) is 8.42 Å². The molecule has 138 valence electrons. The van der Waals surface area contributed by atoms with Gasteiger partial charge in [-0.25, -0.2) is 4.98 Å². The van der Waals surface area contributed by atoms with Gasteiger partial charge in [0.1, 0.15) is 10.9 Å². The highest BCUT2D eigenvalue weighted by Crippen LogP contribution is 2.24. The molecule has 0 radical (unpaired) electrons. The molecule has 9 heteroatoms. The maximum Gasteiger partial charge on any atom is 0.294 e. The molecule has 6 nitrogen and oxygen atoms in total. The molecule has 0 saturated carbocycles. The maximum absolute atomic E-state index is 10.5. The molecule has 1 aromatic carbocycles. The van der Waals surface area contributed by atoms with Crippen LogP contribution in [0.3, 0.4) is 0 Å². The number of hydrogen-bond donors (Lipinski definition) is 2. The summed E-state index contributed by atoms with van der Waals surface area (Å²) in [6.07, 6.45) is 2.41. The molecule has 2 aromatic rings. The summed E-state index contributed by atoms with van der Waals surface area (Å²) in [6.45, 7) is 4.38. The standard InChI is InChI=1S/C9H12BrClN2O.C7H8O3S/c1-6(12)2-3-14-7-4-8(10)9(11)13-5-7;1-6-2-4-7(5-3-6)11(8,9)10/h4-6H,2-3,12H2,1H3;2-5H,1H3,(H,8,9,10). The summed E-state index contributed by atoms with van der Waals surface area (Å²) >= 11 is 9.00. The summed E-state index contributed by atoms with van der Waals surface area (Å²) in [5.41, 5.74) is 6.54. The van der Waals surface area contributed by atoms with Crippen LogP contribution in [0.5, 0.6) is 5.75 Å². The Hall–Kier alpha value is -1.19. The van der Waals surface area contributed by atoms with Crippen LogP contribution in [-0.4, -0.2) is 30.6 Å². The number of hydrogen-bond acceptors (Lipinski definition) is 5. The van der Waals surface area contributed by atoms with Crippen LogP contribution >= 0.6 is 27.5 Å². The second kappa shape index (κ2) is 10.1. The minimum atomic E-state index is -4.02. The molecule has 1 atom stereocenters. The van der Waals surface area contributed by atoms with Gasteiger partial charge in [0.15, 0.2) is 0 Å². The Labute approximate surface area is 161 Å². The summed E-state index contributed by atoms with van der Waals surface area (Å²) in [6, 6.07) is 7.93. The number of pyridine rings is 1. The fourth-order valence-corrected chi connectivity index (χ4v) is 2.47. The number of nitrogens with two attached hydrogens (primary N) is 1. The Morgan fingerprint density at radius 3 is 2.44 bits per heavy atom. The Morgan fingerprint density at radius 2 is 1.96 bits per heavy atom. The second-order valence-corrected chi connectivity index (χ2v) is 7.98. The summed E-state index contributed by atoms with van der Waals surface area (Å²) in [5, 5.41) is 0.435. The van der Waals surface area contributed by atoms with E-state index >= 15 is 0 Å². The summed E-state index contributed by atoms with van der Waals surface area (Å²) in [5.74, 6) is 0.696.